The molecule has 0 bridgehead atoms. The van der Waals surface area contributed by atoms with Crippen LogP contribution in [0.15, 0.2) is 48.5 Å². The van der Waals surface area contributed by atoms with Crippen molar-refractivity contribution in [2.75, 3.05) is 17.2 Å². The van der Waals surface area contributed by atoms with Crippen LogP contribution >= 0.6 is 0 Å². The van der Waals surface area contributed by atoms with Gasteiger partial charge in [-0.1, -0.05) is 36.4 Å². The molecule has 0 radical (unpaired) electrons. The number of fused-ring (bicyclic) bond motifs is 1. The molecule has 0 amide bonds. The van der Waals surface area contributed by atoms with Crippen molar-refractivity contribution in [1.82, 2.24) is 0 Å². The van der Waals surface area contributed by atoms with E-state index < -0.39 is 0 Å². The van der Waals surface area contributed by atoms with Crippen LogP contribution in [-0.4, -0.2) is 6.54 Å². The number of nitrogens with one attached hydrogen (secondary N) is 2. The third-order valence-corrected chi connectivity index (χ3v) is 3.32. The number of rotatable bonds is 1. The minimum Gasteiger partial charge on any atom is -0.381 e. The molecule has 0 fully saturated rings. The Morgan fingerprint density at radius 1 is 0.941 bits per heavy atom. The Balaban J connectivity index is 1.92. The van der Waals surface area contributed by atoms with Crippen molar-refractivity contribution < 1.29 is 0 Å². The van der Waals surface area contributed by atoms with E-state index in [0.29, 0.717) is 6.04 Å². The van der Waals surface area contributed by atoms with Gasteiger partial charge >= 0.3 is 0 Å². The molecular formula is C15H16N2. The molecule has 1 aliphatic rings. The van der Waals surface area contributed by atoms with Crippen molar-refractivity contribution in [3.63, 3.8) is 0 Å². The van der Waals surface area contributed by atoms with Crippen LogP contribution in [0.2, 0.25) is 0 Å². The predicted molar refractivity (Wildman–Crippen MR) is 72.5 cm³/mol. The number of hydrogen-bond donors (Lipinski definition) is 2. The summed E-state index contributed by atoms with van der Waals surface area (Å²) in [6.07, 6.45) is 0. The van der Waals surface area contributed by atoms with Gasteiger partial charge in [0.2, 0.25) is 0 Å². The standard InChI is InChI=1S/C15H16N2/c1-11-6-2-3-7-12(11)15-10-16-13-8-4-5-9-14(13)17-15/h2-9,15-17H,10H2,1H3/t15-/m1/s1. The first-order chi connectivity index (χ1) is 8.34. The summed E-state index contributed by atoms with van der Waals surface area (Å²) in [4.78, 5) is 0. The molecule has 1 atom stereocenters. The lowest BCUT2D eigenvalue weighted by atomic mass is 9.99. The highest BCUT2D eigenvalue weighted by Crippen LogP contribution is 2.31. The molecule has 2 N–H and O–H groups in total. The van der Waals surface area contributed by atoms with Crippen LogP contribution in [0.1, 0.15) is 17.2 Å². The number of benzene rings is 2. The van der Waals surface area contributed by atoms with Crippen molar-refractivity contribution in [2.45, 2.75) is 13.0 Å². The van der Waals surface area contributed by atoms with Gasteiger partial charge in [-0.2, -0.15) is 0 Å². The van der Waals surface area contributed by atoms with Crippen LogP contribution < -0.4 is 10.6 Å². The Morgan fingerprint density at radius 3 is 2.47 bits per heavy atom. The first kappa shape index (κ1) is 10.2. The molecule has 1 aliphatic heterocycles. The number of aryl methyl sites for hydroxylation is 1. The lowest BCUT2D eigenvalue weighted by molar-refractivity contribution is 0.797. The Kier molecular flexibility index (Phi) is 2.48. The van der Waals surface area contributed by atoms with E-state index in [2.05, 4.69) is 66.1 Å². The molecule has 0 aromatic heterocycles. The van der Waals surface area contributed by atoms with E-state index in [1.165, 1.54) is 22.5 Å². The molecule has 2 nitrogen and oxygen atoms in total. The molecule has 2 aromatic carbocycles. The molecule has 86 valence electrons. The summed E-state index contributed by atoms with van der Waals surface area (Å²) in [6.45, 7) is 3.10. The normalized spacial score (nSPS) is 17.8. The van der Waals surface area contributed by atoms with Crippen LogP contribution in [0.25, 0.3) is 0 Å². The van der Waals surface area contributed by atoms with Gasteiger partial charge in [0.05, 0.1) is 17.4 Å². The van der Waals surface area contributed by atoms with Crippen LogP contribution in [0.4, 0.5) is 11.4 Å². The highest BCUT2D eigenvalue weighted by atomic mass is 15.1. The molecule has 0 saturated heterocycles. The van der Waals surface area contributed by atoms with Gasteiger partial charge in [-0.05, 0) is 30.2 Å². The highest BCUT2D eigenvalue weighted by molar-refractivity contribution is 5.71. The maximum absolute atomic E-state index is 3.59. The van der Waals surface area contributed by atoms with E-state index in [0.717, 1.165) is 6.54 Å². The molecule has 1 heterocycles. The molecule has 3 rings (SSSR count). The summed E-state index contributed by atoms with van der Waals surface area (Å²) >= 11 is 0. The number of anilines is 2. The van der Waals surface area contributed by atoms with E-state index in [-0.39, 0.29) is 0 Å². The molecule has 0 aliphatic carbocycles. The Labute approximate surface area is 102 Å². The van der Waals surface area contributed by atoms with E-state index >= 15 is 0 Å². The second kappa shape index (κ2) is 4.13. The predicted octanol–water partition coefficient (Wildman–Crippen LogP) is 3.57. The fourth-order valence-corrected chi connectivity index (χ4v) is 2.38. The summed E-state index contributed by atoms with van der Waals surface area (Å²) in [5.74, 6) is 0. The lowest BCUT2D eigenvalue weighted by Crippen LogP contribution is -2.26. The second-order valence-electron chi connectivity index (χ2n) is 4.48. The maximum atomic E-state index is 3.59. The van der Waals surface area contributed by atoms with Gasteiger partial charge in [-0.3, -0.25) is 0 Å². The zero-order valence-electron chi connectivity index (χ0n) is 9.90. The Bertz CT molecular complexity index is 534. The minimum absolute atomic E-state index is 0.353. The number of hydrogen-bond acceptors (Lipinski definition) is 2. The van der Waals surface area contributed by atoms with Crippen LogP contribution in [0.3, 0.4) is 0 Å². The summed E-state index contributed by atoms with van der Waals surface area (Å²) in [5.41, 5.74) is 5.09. The van der Waals surface area contributed by atoms with Crippen molar-refractivity contribution in [2.24, 2.45) is 0 Å². The van der Waals surface area contributed by atoms with Crippen LogP contribution in [0.5, 0.6) is 0 Å². The van der Waals surface area contributed by atoms with E-state index in [1.54, 1.807) is 0 Å². The van der Waals surface area contributed by atoms with Crippen molar-refractivity contribution >= 4 is 11.4 Å². The van der Waals surface area contributed by atoms with Crippen molar-refractivity contribution in [3.05, 3.63) is 59.7 Å². The highest BCUT2D eigenvalue weighted by Gasteiger charge is 2.18. The molecule has 0 unspecified atom stereocenters. The quantitative estimate of drug-likeness (QED) is 0.773. The fraction of sp³-hybridized carbons (Fsp3) is 0.200. The summed E-state index contributed by atoms with van der Waals surface area (Å²) < 4.78 is 0. The minimum atomic E-state index is 0.353. The van der Waals surface area contributed by atoms with Gasteiger partial charge < -0.3 is 10.6 Å². The number of para-hydroxylation sites is 2. The van der Waals surface area contributed by atoms with Crippen molar-refractivity contribution in [1.29, 1.82) is 0 Å². The molecular weight excluding hydrogens is 208 g/mol. The van der Waals surface area contributed by atoms with Gasteiger partial charge in [0.15, 0.2) is 0 Å². The first-order valence-corrected chi connectivity index (χ1v) is 5.99. The zero-order chi connectivity index (χ0) is 11.7. The smallest absolute Gasteiger partial charge is 0.0689 e. The average Bonchev–Trinajstić information content (AvgIpc) is 2.39. The zero-order valence-corrected chi connectivity index (χ0v) is 9.90. The first-order valence-electron chi connectivity index (χ1n) is 5.99. The molecule has 2 aromatic rings. The van der Waals surface area contributed by atoms with Gasteiger partial charge in [0.1, 0.15) is 0 Å². The van der Waals surface area contributed by atoms with Crippen LogP contribution in [0, 0.1) is 6.92 Å². The summed E-state index contributed by atoms with van der Waals surface area (Å²) in [7, 11) is 0. The second-order valence-corrected chi connectivity index (χ2v) is 4.48. The molecule has 17 heavy (non-hydrogen) atoms. The van der Waals surface area contributed by atoms with Gasteiger partial charge in [-0.25, -0.2) is 0 Å². The molecule has 2 heteroatoms. The van der Waals surface area contributed by atoms with Crippen molar-refractivity contribution in [3.8, 4) is 0 Å². The summed E-state index contributed by atoms with van der Waals surface area (Å²) in [6, 6.07) is 17.2. The van der Waals surface area contributed by atoms with Gasteiger partial charge in [0, 0.05) is 6.54 Å². The SMILES string of the molecule is Cc1ccccc1[C@H]1CNc2ccccc2N1. The Hall–Kier alpha value is -1.96. The van der Waals surface area contributed by atoms with E-state index in [4.69, 9.17) is 0 Å². The molecule has 0 spiro atoms. The fourth-order valence-electron chi connectivity index (χ4n) is 2.38. The topological polar surface area (TPSA) is 24.1 Å². The van der Waals surface area contributed by atoms with Crippen LogP contribution in [-0.2, 0) is 0 Å². The third-order valence-electron chi connectivity index (χ3n) is 3.32. The van der Waals surface area contributed by atoms with E-state index in [9.17, 15) is 0 Å². The average molecular weight is 224 g/mol. The molecule has 0 saturated carbocycles. The monoisotopic (exact) mass is 224 g/mol. The van der Waals surface area contributed by atoms with Gasteiger partial charge in [0.25, 0.3) is 0 Å². The van der Waals surface area contributed by atoms with Gasteiger partial charge in [-0.15, -0.1) is 0 Å². The van der Waals surface area contributed by atoms with E-state index in [1.807, 2.05) is 0 Å². The summed E-state index contributed by atoms with van der Waals surface area (Å²) in [5, 5.41) is 7.07. The Morgan fingerprint density at radius 2 is 1.65 bits per heavy atom. The third kappa shape index (κ3) is 1.86. The lowest BCUT2D eigenvalue weighted by Gasteiger charge is -2.29. The largest absolute Gasteiger partial charge is 0.381 e. The maximum Gasteiger partial charge on any atom is 0.0689 e.